The lowest BCUT2D eigenvalue weighted by molar-refractivity contribution is -0.384. The second-order valence-electron chi connectivity index (χ2n) is 6.42. The van der Waals surface area contributed by atoms with Gasteiger partial charge in [-0.2, -0.15) is 0 Å². The molecule has 1 fully saturated rings. The van der Waals surface area contributed by atoms with Crippen molar-refractivity contribution in [3.8, 4) is 0 Å². The first kappa shape index (κ1) is 19.1. The molecule has 3 N–H and O–H groups in total. The van der Waals surface area contributed by atoms with Crippen molar-refractivity contribution in [3.63, 3.8) is 0 Å². The van der Waals surface area contributed by atoms with Crippen LogP contribution >= 0.6 is 15.9 Å². The van der Waals surface area contributed by atoms with Gasteiger partial charge in [0.1, 0.15) is 11.5 Å². The number of pyridine rings is 1. The number of nitrogens with zero attached hydrogens (tertiary/aromatic N) is 3. The fourth-order valence-corrected chi connectivity index (χ4v) is 3.57. The highest BCUT2D eigenvalue weighted by Crippen LogP contribution is 2.30. The molecule has 27 heavy (non-hydrogen) atoms. The Hall–Kier alpha value is -2.68. The van der Waals surface area contributed by atoms with Gasteiger partial charge >= 0.3 is 0 Å². The molecular weight excluding hydrogens is 414 g/mol. The number of benzene rings is 1. The van der Waals surface area contributed by atoms with E-state index in [1.807, 2.05) is 12.1 Å². The minimum atomic E-state index is -0.411. The summed E-state index contributed by atoms with van der Waals surface area (Å²) in [5, 5.41) is 14.4. The van der Waals surface area contributed by atoms with E-state index in [-0.39, 0.29) is 17.5 Å². The van der Waals surface area contributed by atoms with Gasteiger partial charge in [0.15, 0.2) is 0 Å². The minimum Gasteiger partial charge on any atom is -0.375 e. The number of nitrogens with two attached hydrogens (primary N) is 1. The van der Waals surface area contributed by atoms with Crippen molar-refractivity contribution in [1.29, 1.82) is 0 Å². The van der Waals surface area contributed by atoms with Crippen molar-refractivity contribution in [2.45, 2.75) is 19.4 Å². The zero-order chi connectivity index (χ0) is 19.4. The van der Waals surface area contributed by atoms with Crippen molar-refractivity contribution in [1.82, 2.24) is 4.98 Å². The molecule has 1 amide bonds. The number of piperidine rings is 1. The Kier molecular flexibility index (Phi) is 5.90. The number of primary amides is 1. The molecule has 3 rings (SSSR count). The quantitative estimate of drug-likeness (QED) is 0.534. The Labute approximate surface area is 165 Å². The number of nitro benzene ring substituents is 1. The molecule has 0 aliphatic carbocycles. The molecule has 2 aromatic rings. The molecule has 0 bridgehead atoms. The van der Waals surface area contributed by atoms with Crippen LogP contribution in [0.15, 0.2) is 41.0 Å². The lowest BCUT2D eigenvalue weighted by Crippen LogP contribution is -2.39. The molecule has 1 saturated heterocycles. The second kappa shape index (κ2) is 8.34. The fourth-order valence-electron chi connectivity index (χ4n) is 3.22. The molecule has 1 aliphatic heterocycles. The predicted octanol–water partition coefficient (Wildman–Crippen LogP) is 3.07. The number of hydrogen-bond acceptors (Lipinski definition) is 6. The van der Waals surface area contributed by atoms with Gasteiger partial charge in [0.05, 0.1) is 4.92 Å². The number of hydrogen-bond donors (Lipinski definition) is 2. The van der Waals surface area contributed by atoms with E-state index in [4.69, 9.17) is 5.73 Å². The molecule has 8 nitrogen and oxygen atoms in total. The van der Waals surface area contributed by atoms with Crippen LogP contribution in [-0.4, -0.2) is 28.9 Å². The van der Waals surface area contributed by atoms with Gasteiger partial charge < -0.3 is 16.0 Å². The smallest absolute Gasteiger partial charge is 0.293 e. The molecular formula is C18H20BrN5O3. The normalized spacial score (nSPS) is 14.8. The maximum absolute atomic E-state index is 11.4. The number of rotatable bonds is 6. The van der Waals surface area contributed by atoms with E-state index in [9.17, 15) is 14.9 Å². The number of halogens is 1. The van der Waals surface area contributed by atoms with E-state index < -0.39 is 4.92 Å². The number of nitrogens with one attached hydrogen (secondary N) is 1. The Balaban J connectivity index is 1.74. The molecule has 0 radical (unpaired) electrons. The van der Waals surface area contributed by atoms with Crippen LogP contribution in [-0.2, 0) is 11.3 Å². The molecule has 142 valence electrons. The van der Waals surface area contributed by atoms with E-state index in [2.05, 4.69) is 31.1 Å². The van der Waals surface area contributed by atoms with Gasteiger partial charge in [0.2, 0.25) is 5.91 Å². The summed E-state index contributed by atoms with van der Waals surface area (Å²) in [5.41, 5.74) is 6.80. The third kappa shape index (κ3) is 4.54. The van der Waals surface area contributed by atoms with Gasteiger partial charge in [0, 0.05) is 47.9 Å². The van der Waals surface area contributed by atoms with Crippen molar-refractivity contribution < 1.29 is 9.72 Å². The first-order chi connectivity index (χ1) is 13.0. The summed E-state index contributed by atoms with van der Waals surface area (Å²) in [5.74, 6) is 0.491. The predicted molar refractivity (Wildman–Crippen MR) is 106 cm³/mol. The van der Waals surface area contributed by atoms with Crippen molar-refractivity contribution >= 4 is 39.0 Å². The van der Waals surface area contributed by atoms with Crippen molar-refractivity contribution in [3.05, 3.63) is 56.7 Å². The molecule has 9 heteroatoms. The van der Waals surface area contributed by atoms with Crippen LogP contribution in [0.4, 0.5) is 17.2 Å². The molecule has 2 heterocycles. The van der Waals surface area contributed by atoms with Gasteiger partial charge in [-0.05, 0) is 31.0 Å². The monoisotopic (exact) mass is 433 g/mol. The third-order valence-corrected chi connectivity index (χ3v) is 5.18. The average molecular weight is 434 g/mol. The molecule has 1 aromatic carbocycles. The Bertz CT molecular complexity index is 853. The number of carbonyl (C=O) groups is 1. The summed E-state index contributed by atoms with van der Waals surface area (Å²) >= 11 is 3.26. The van der Waals surface area contributed by atoms with E-state index in [1.165, 1.54) is 6.07 Å². The highest BCUT2D eigenvalue weighted by atomic mass is 79.9. The topological polar surface area (TPSA) is 114 Å². The highest BCUT2D eigenvalue weighted by molar-refractivity contribution is 9.10. The summed E-state index contributed by atoms with van der Waals surface area (Å²) in [4.78, 5) is 28.8. The van der Waals surface area contributed by atoms with E-state index >= 15 is 0 Å². The van der Waals surface area contributed by atoms with E-state index in [1.54, 1.807) is 18.3 Å². The first-order valence-electron chi connectivity index (χ1n) is 8.61. The van der Waals surface area contributed by atoms with Crippen molar-refractivity contribution in [2.24, 2.45) is 11.7 Å². The largest absolute Gasteiger partial charge is 0.375 e. The van der Waals surface area contributed by atoms with Crippen LogP contribution in [0.5, 0.6) is 0 Å². The van der Waals surface area contributed by atoms with Gasteiger partial charge in [-0.1, -0.05) is 22.0 Å². The Morgan fingerprint density at radius 2 is 2.11 bits per heavy atom. The van der Waals surface area contributed by atoms with Gasteiger partial charge in [0.25, 0.3) is 5.69 Å². The Morgan fingerprint density at radius 3 is 2.78 bits per heavy atom. The summed E-state index contributed by atoms with van der Waals surface area (Å²) in [7, 11) is 0. The first-order valence-corrected chi connectivity index (χ1v) is 9.41. The molecule has 1 aliphatic rings. The van der Waals surface area contributed by atoms with Crippen LogP contribution in [0, 0.1) is 16.0 Å². The van der Waals surface area contributed by atoms with Crippen LogP contribution in [0.25, 0.3) is 0 Å². The maximum Gasteiger partial charge on any atom is 0.293 e. The van der Waals surface area contributed by atoms with Crippen LogP contribution < -0.4 is 16.0 Å². The fraction of sp³-hybridized carbons (Fsp3) is 0.333. The van der Waals surface area contributed by atoms with E-state index in [0.29, 0.717) is 42.6 Å². The SMILES string of the molecule is NC(=O)C1CCN(c2ncccc2CNc2ccc(Br)cc2[N+](=O)[O-])CC1. The number of nitro groups is 1. The molecule has 0 saturated carbocycles. The van der Waals surface area contributed by atoms with Crippen LogP contribution in [0.1, 0.15) is 18.4 Å². The lowest BCUT2D eigenvalue weighted by Gasteiger charge is -2.32. The molecule has 0 spiro atoms. The zero-order valence-corrected chi connectivity index (χ0v) is 16.2. The zero-order valence-electron chi connectivity index (χ0n) is 14.6. The van der Waals surface area contributed by atoms with Crippen LogP contribution in [0.3, 0.4) is 0 Å². The molecule has 0 atom stereocenters. The second-order valence-corrected chi connectivity index (χ2v) is 7.34. The van der Waals surface area contributed by atoms with Crippen molar-refractivity contribution in [2.75, 3.05) is 23.3 Å². The number of carbonyl (C=O) groups excluding carboxylic acids is 1. The summed E-state index contributed by atoms with van der Waals surface area (Å²) in [6.45, 7) is 1.81. The standard InChI is InChI=1S/C18H20BrN5O3/c19-14-3-4-15(16(10-14)24(26)27)22-11-13-2-1-7-21-18(13)23-8-5-12(6-9-23)17(20)25/h1-4,7,10,12,22H,5-6,8-9,11H2,(H2,20,25). The third-order valence-electron chi connectivity index (χ3n) is 4.69. The minimum absolute atomic E-state index is 0.0112. The number of aromatic nitrogens is 1. The van der Waals surface area contributed by atoms with Gasteiger partial charge in [-0.25, -0.2) is 4.98 Å². The van der Waals surface area contributed by atoms with Gasteiger partial charge in [-0.3, -0.25) is 14.9 Å². The van der Waals surface area contributed by atoms with Gasteiger partial charge in [-0.15, -0.1) is 0 Å². The molecule has 0 unspecified atom stereocenters. The summed E-state index contributed by atoms with van der Waals surface area (Å²) in [6.07, 6.45) is 3.13. The lowest BCUT2D eigenvalue weighted by atomic mass is 9.96. The molecule has 1 aromatic heterocycles. The average Bonchev–Trinajstić information content (AvgIpc) is 2.67. The summed E-state index contributed by atoms with van der Waals surface area (Å²) < 4.78 is 0.652. The number of anilines is 2. The summed E-state index contributed by atoms with van der Waals surface area (Å²) in [6, 6.07) is 8.69. The number of amides is 1. The maximum atomic E-state index is 11.4. The van der Waals surface area contributed by atoms with E-state index in [0.717, 1.165) is 11.4 Å². The highest BCUT2D eigenvalue weighted by Gasteiger charge is 2.25. The Morgan fingerprint density at radius 1 is 1.37 bits per heavy atom. The van der Waals surface area contributed by atoms with Crippen LogP contribution in [0.2, 0.25) is 0 Å².